The maximum atomic E-state index is 11.3. The number of hydrogen-bond acceptors (Lipinski definition) is 4. The van der Waals surface area contributed by atoms with Gasteiger partial charge in [0.2, 0.25) is 0 Å². The average molecular weight is 293 g/mol. The first kappa shape index (κ1) is 14.7. The molecule has 20 heavy (non-hydrogen) atoms. The Labute approximate surface area is 122 Å². The molecule has 0 atom stereocenters. The Morgan fingerprint density at radius 2 is 2.25 bits per heavy atom. The molecule has 6 heteroatoms. The Kier molecular flexibility index (Phi) is 4.54. The third-order valence-corrected chi connectivity index (χ3v) is 3.97. The number of carboxylic acid groups (broad SMARTS) is 1. The van der Waals surface area contributed by atoms with Crippen molar-refractivity contribution in [3.05, 3.63) is 22.8 Å². The lowest BCUT2D eigenvalue weighted by atomic mass is 10.1. The molecule has 0 aliphatic carbocycles. The fraction of sp³-hybridized carbons (Fsp3) is 0.500. The van der Waals surface area contributed by atoms with Crippen molar-refractivity contribution in [1.29, 1.82) is 0 Å². The number of carboxylic acids is 1. The van der Waals surface area contributed by atoms with E-state index < -0.39 is 5.97 Å². The van der Waals surface area contributed by atoms with E-state index in [0.717, 1.165) is 23.7 Å². The third-order valence-electron chi connectivity index (χ3n) is 2.86. The van der Waals surface area contributed by atoms with Crippen LogP contribution < -0.4 is 0 Å². The van der Waals surface area contributed by atoms with Gasteiger partial charge in [0.15, 0.2) is 0 Å². The predicted molar refractivity (Wildman–Crippen MR) is 79.1 cm³/mol. The van der Waals surface area contributed by atoms with Gasteiger partial charge in [-0.2, -0.15) is 5.10 Å². The molecule has 2 aromatic heterocycles. The Morgan fingerprint density at radius 1 is 1.50 bits per heavy atom. The van der Waals surface area contributed by atoms with E-state index in [0.29, 0.717) is 22.9 Å². The molecule has 0 fully saturated rings. The van der Waals surface area contributed by atoms with Crippen molar-refractivity contribution in [2.45, 2.75) is 40.2 Å². The first-order valence-corrected chi connectivity index (χ1v) is 7.59. The lowest BCUT2D eigenvalue weighted by Gasteiger charge is -2.03. The molecule has 2 aromatic rings. The highest BCUT2D eigenvalue weighted by Gasteiger charge is 2.20. The standard InChI is InChI=1S/C14H19N3O2S/c1-4-7-17-11(5-6-15-17)13-16-10(8-9(2)3)12(20-13)14(18)19/h5-6,9H,4,7-8H2,1-3H3,(H,18,19). The summed E-state index contributed by atoms with van der Waals surface area (Å²) in [6, 6.07) is 1.89. The van der Waals surface area contributed by atoms with Crippen molar-refractivity contribution >= 4 is 17.3 Å². The average Bonchev–Trinajstić information content (AvgIpc) is 2.95. The summed E-state index contributed by atoms with van der Waals surface area (Å²) >= 11 is 1.24. The summed E-state index contributed by atoms with van der Waals surface area (Å²) in [6.45, 7) is 7.02. The smallest absolute Gasteiger partial charge is 0.347 e. The first-order chi connectivity index (χ1) is 9.52. The van der Waals surface area contributed by atoms with Crippen molar-refractivity contribution in [2.24, 2.45) is 5.92 Å². The van der Waals surface area contributed by atoms with Gasteiger partial charge in [0, 0.05) is 12.7 Å². The van der Waals surface area contributed by atoms with Crippen molar-refractivity contribution in [1.82, 2.24) is 14.8 Å². The molecule has 0 aliphatic rings. The van der Waals surface area contributed by atoms with Crippen LogP contribution >= 0.6 is 11.3 Å². The molecule has 0 radical (unpaired) electrons. The highest BCUT2D eigenvalue weighted by molar-refractivity contribution is 7.17. The Balaban J connectivity index is 2.42. The normalized spacial score (nSPS) is 11.2. The van der Waals surface area contributed by atoms with Crippen LogP contribution in [0.15, 0.2) is 12.3 Å². The first-order valence-electron chi connectivity index (χ1n) is 6.78. The van der Waals surface area contributed by atoms with E-state index in [1.165, 1.54) is 11.3 Å². The Hall–Kier alpha value is -1.69. The van der Waals surface area contributed by atoms with Gasteiger partial charge in [-0.05, 0) is 24.8 Å². The van der Waals surface area contributed by atoms with E-state index >= 15 is 0 Å². The van der Waals surface area contributed by atoms with Crippen LogP contribution in [0.25, 0.3) is 10.7 Å². The Bertz CT molecular complexity index is 601. The van der Waals surface area contributed by atoms with E-state index in [1.807, 2.05) is 10.7 Å². The summed E-state index contributed by atoms with van der Waals surface area (Å²) in [7, 11) is 0. The molecule has 5 nitrogen and oxygen atoms in total. The topological polar surface area (TPSA) is 68.0 Å². The van der Waals surface area contributed by atoms with E-state index in [-0.39, 0.29) is 0 Å². The molecule has 0 saturated heterocycles. The maximum Gasteiger partial charge on any atom is 0.347 e. The third kappa shape index (κ3) is 3.07. The van der Waals surface area contributed by atoms with Crippen LogP contribution in [0.4, 0.5) is 0 Å². The minimum atomic E-state index is -0.897. The number of carbonyl (C=O) groups is 1. The molecular formula is C14H19N3O2S. The number of aryl methyl sites for hydroxylation is 1. The highest BCUT2D eigenvalue weighted by atomic mass is 32.1. The molecule has 0 aliphatic heterocycles. The number of aromatic nitrogens is 3. The second kappa shape index (κ2) is 6.17. The number of hydrogen-bond donors (Lipinski definition) is 1. The summed E-state index contributed by atoms with van der Waals surface area (Å²) in [5, 5.41) is 14.3. The van der Waals surface area contributed by atoms with Crippen molar-refractivity contribution in [3.8, 4) is 10.7 Å². The van der Waals surface area contributed by atoms with Gasteiger partial charge in [0.05, 0.1) is 11.4 Å². The Morgan fingerprint density at radius 3 is 2.85 bits per heavy atom. The van der Waals surface area contributed by atoms with Gasteiger partial charge < -0.3 is 5.11 Å². The summed E-state index contributed by atoms with van der Waals surface area (Å²) in [5.41, 5.74) is 1.58. The second-order valence-corrected chi connectivity index (χ2v) is 6.14. The lowest BCUT2D eigenvalue weighted by molar-refractivity contribution is 0.0700. The summed E-state index contributed by atoms with van der Waals surface area (Å²) in [4.78, 5) is 16.2. The number of thiazole rings is 1. The van der Waals surface area contributed by atoms with Gasteiger partial charge in [-0.1, -0.05) is 20.8 Å². The van der Waals surface area contributed by atoms with Gasteiger partial charge in [-0.15, -0.1) is 11.3 Å². The number of rotatable bonds is 6. The molecule has 2 rings (SSSR count). The molecule has 0 spiro atoms. The van der Waals surface area contributed by atoms with E-state index in [4.69, 9.17) is 0 Å². The van der Waals surface area contributed by atoms with Gasteiger partial charge in [0.25, 0.3) is 0 Å². The summed E-state index contributed by atoms with van der Waals surface area (Å²) < 4.78 is 1.88. The van der Waals surface area contributed by atoms with Crippen molar-refractivity contribution in [2.75, 3.05) is 0 Å². The minimum Gasteiger partial charge on any atom is -0.477 e. The minimum absolute atomic E-state index is 0.345. The molecule has 0 unspecified atom stereocenters. The molecule has 0 bridgehead atoms. The fourth-order valence-corrected chi connectivity index (χ4v) is 3.02. The van der Waals surface area contributed by atoms with Crippen LogP contribution in [-0.4, -0.2) is 25.8 Å². The van der Waals surface area contributed by atoms with Crippen LogP contribution in [0.1, 0.15) is 42.6 Å². The number of nitrogens with zero attached hydrogens (tertiary/aromatic N) is 3. The van der Waals surface area contributed by atoms with Crippen LogP contribution in [0.2, 0.25) is 0 Å². The fourth-order valence-electron chi connectivity index (χ4n) is 2.06. The zero-order valence-corrected chi connectivity index (χ0v) is 12.8. The van der Waals surface area contributed by atoms with Crippen LogP contribution in [0.3, 0.4) is 0 Å². The molecule has 0 amide bonds. The van der Waals surface area contributed by atoms with Gasteiger partial charge in [-0.3, -0.25) is 4.68 Å². The molecule has 108 valence electrons. The largest absolute Gasteiger partial charge is 0.477 e. The lowest BCUT2D eigenvalue weighted by Crippen LogP contribution is -2.03. The van der Waals surface area contributed by atoms with Crippen molar-refractivity contribution < 1.29 is 9.90 Å². The molecular weight excluding hydrogens is 274 g/mol. The maximum absolute atomic E-state index is 11.3. The highest BCUT2D eigenvalue weighted by Crippen LogP contribution is 2.29. The van der Waals surface area contributed by atoms with E-state index in [2.05, 4.69) is 30.9 Å². The SMILES string of the molecule is CCCn1nccc1-c1nc(CC(C)C)c(C(=O)O)s1. The molecule has 0 aromatic carbocycles. The zero-order valence-electron chi connectivity index (χ0n) is 12.0. The summed E-state index contributed by atoms with van der Waals surface area (Å²) in [5.74, 6) is -0.519. The van der Waals surface area contributed by atoms with E-state index in [1.54, 1.807) is 6.20 Å². The zero-order chi connectivity index (χ0) is 14.7. The van der Waals surface area contributed by atoms with Gasteiger partial charge in [-0.25, -0.2) is 9.78 Å². The molecule has 1 N–H and O–H groups in total. The van der Waals surface area contributed by atoms with Gasteiger partial charge in [0.1, 0.15) is 9.88 Å². The molecule has 0 saturated carbocycles. The molecule has 2 heterocycles. The van der Waals surface area contributed by atoms with E-state index in [9.17, 15) is 9.90 Å². The van der Waals surface area contributed by atoms with Crippen molar-refractivity contribution in [3.63, 3.8) is 0 Å². The summed E-state index contributed by atoms with van der Waals surface area (Å²) in [6.07, 6.45) is 3.39. The van der Waals surface area contributed by atoms with Crippen LogP contribution in [-0.2, 0) is 13.0 Å². The van der Waals surface area contributed by atoms with Gasteiger partial charge >= 0.3 is 5.97 Å². The second-order valence-electron chi connectivity index (χ2n) is 5.14. The number of aromatic carboxylic acids is 1. The quantitative estimate of drug-likeness (QED) is 0.887. The van der Waals surface area contributed by atoms with Crippen LogP contribution in [0.5, 0.6) is 0 Å². The predicted octanol–water partition coefficient (Wildman–Crippen LogP) is 3.31. The monoisotopic (exact) mass is 293 g/mol. The van der Waals surface area contributed by atoms with Crippen LogP contribution in [0, 0.1) is 5.92 Å².